The summed E-state index contributed by atoms with van der Waals surface area (Å²) in [5.74, 6) is 0.0634. The summed E-state index contributed by atoms with van der Waals surface area (Å²) in [6.45, 7) is 2.78. The van der Waals surface area contributed by atoms with E-state index < -0.39 is 5.97 Å². The van der Waals surface area contributed by atoms with E-state index in [0.29, 0.717) is 29.2 Å². The minimum Gasteiger partial charge on any atom is -0.478 e. The first-order valence-corrected chi connectivity index (χ1v) is 11.8. The van der Waals surface area contributed by atoms with Gasteiger partial charge in [0.15, 0.2) is 0 Å². The van der Waals surface area contributed by atoms with Gasteiger partial charge in [0.1, 0.15) is 5.82 Å². The average molecular weight is 456 g/mol. The minimum atomic E-state index is -0.967. The fourth-order valence-electron chi connectivity index (χ4n) is 4.41. The number of para-hydroxylation sites is 1. The number of rotatable bonds is 10. The number of nitrogens with zero attached hydrogens (tertiary/aromatic N) is 3. The normalized spacial score (nSPS) is 12.0. The standard InChI is InChI=1S/C28H29N3O3/c1-2-9-20(10-8-13-23-17-16-22(18-29-23)28(33)34)19-31-26(21-11-4-3-5-12-21)30-25-15-7-6-14-24(25)27(31)32/h3-7,11-12,14-18,20H,2,8-10,13,19H2,1H3,(H,33,34). The fraction of sp³-hybridized carbons (Fsp3) is 0.286. The molecule has 6 heteroatoms. The molecule has 6 nitrogen and oxygen atoms in total. The van der Waals surface area contributed by atoms with Crippen LogP contribution in [0.2, 0.25) is 0 Å². The van der Waals surface area contributed by atoms with Crippen LogP contribution < -0.4 is 5.56 Å². The lowest BCUT2D eigenvalue weighted by Crippen LogP contribution is -2.27. The zero-order valence-corrected chi connectivity index (χ0v) is 19.4. The van der Waals surface area contributed by atoms with Crippen molar-refractivity contribution in [2.24, 2.45) is 5.92 Å². The maximum Gasteiger partial charge on any atom is 0.337 e. The summed E-state index contributed by atoms with van der Waals surface area (Å²) in [5.41, 5.74) is 2.73. The molecule has 0 aliphatic rings. The molecule has 174 valence electrons. The lowest BCUT2D eigenvalue weighted by atomic mass is 9.95. The Kier molecular flexibility index (Phi) is 7.48. The predicted octanol–water partition coefficient (Wildman–Crippen LogP) is 5.60. The van der Waals surface area contributed by atoms with Gasteiger partial charge < -0.3 is 5.11 Å². The minimum absolute atomic E-state index is 0.00326. The van der Waals surface area contributed by atoms with Gasteiger partial charge in [-0.05, 0) is 55.9 Å². The van der Waals surface area contributed by atoms with Crippen molar-refractivity contribution in [2.75, 3.05) is 0 Å². The number of carbonyl (C=O) groups is 1. The molecule has 2 heterocycles. The Balaban J connectivity index is 1.57. The molecule has 4 aromatic rings. The van der Waals surface area contributed by atoms with Crippen LogP contribution >= 0.6 is 0 Å². The van der Waals surface area contributed by atoms with E-state index in [2.05, 4.69) is 11.9 Å². The highest BCUT2D eigenvalue weighted by atomic mass is 16.4. The molecule has 0 aliphatic carbocycles. The molecule has 0 saturated heterocycles. The zero-order chi connectivity index (χ0) is 23.9. The molecular formula is C28H29N3O3. The Labute approximate surface area is 198 Å². The number of carboxylic acid groups (broad SMARTS) is 1. The van der Waals surface area contributed by atoms with Gasteiger partial charge in [-0.15, -0.1) is 0 Å². The molecule has 1 unspecified atom stereocenters. The number of fused-ring (bicyclic) bond motifs is 1. The first kappa shape index (κ1) is 23.4. The van der Waals surface area contributed by atoms with Crippen LogP contribution in [0.3, 0.4) is 0 Å². The number of aryl methyl sites for hydroxylation is 1. The van der Waals surface area contributed by atoms with Gasteiger partial charge in [-0.1, -0.05) is 55.8 Å². The Hall–Kier alpha value is -3.80. The van der Waals surface area contributed by atoms with Crippen molar-refractivity contribution in [3.05, 3.63) is 94.5 Å². The Morgan fingerprint density at radius 1 is 1.00 bits per heavy atom. The fourth-order valence-corrected chi connectivity index (χ4v) is 4.41. The number of aromatic nitrogens is 3. The molecule has 0 fully saturated rings. The summed E-state index contributed by atoms with van der Waals surface area (Å²) in [4.78, 5) is 33.7. The van der Waals surface area contributed by atoms with Gasteiger partial charge in [0, 0.05) is 24.0 Å². The average Bonchev–Trinajstić information content (AvgIpc) is 2.86. The SMILES string of the molecule is CCCC(CCCc1ccc(C(=O)O)cn1)Cn1c(-c2ccccc2)nc2ccccc2c1=O. The first-order valence-electron chi connectivity index (χ1n) is 11.8. The third-order valence-electron chi connectivity index (χ3n) is 6.15. The quantitative estimate of drug-likeness (QED) is 0.337. The molecule has 4 rings (SSSR count). The van der Waals surface area contributed by atoms with E-state index in [1.807, 2.05) is 59.2 Å². The van der Waals surface area contributed by atoms with Gasteiger partial charge in [-0.3, -0.25) is 14.3 Å². The van der Waals surface area contributed by atoms with Crippen LogP contribution in [0.4, 0.5) is 0 Å². The number of aromatic carboxylic acids is 1. The van der Waals surface area contributed by atoms with E-state index in [9.17, 15) is 9.59 Å². The van der Waals surface area contributed by atoms with Crippen molar-refractivity contribution in [3.63, 3.8) is 0 Å². The second-order valence-corrected chi connectivity index (χ2v) is 8.62. The largest absolute Gasteiger partial charge is 0.478 e. The summed E-state index contributed by atoms with van der Waals surface area (Å²) in [6, 6.07) is 20.8. The van der Waals surface area contributed by atoms with Crippen LogP contribution in [0.25, 0.3) is 22.3 Å². The molecule has 0 radical (unpaired) electrons. The second-order valence-electron chi connectivity index (χ2n) is 8.62. The molecule has 0 bridgehead atoms. The smallest absolute Gasteiger partial charge is 0.337 e. The number of carboxylic acids is 1. The van der Waals surface area contributed by atoms with Crippen LogP contribution in [0, 0.1) is 5.92 Å². The molecule has 1 N–H and O–H groups in total. The summed E-state index contributed by atoms with van der Waals surface area (Å²) >= 11 is 0. The molecule has 34 heavy (non-hydrogen) atoms. The van der Waals surface area contributed by atoms with Gasteiger partial charge in [0.25, 0.3) is 5.56 Å². The van der Waals surface area contributed by atoms with Crippen molar-refractivity contribution in [1.82, 2.24) is 14.5 Å². The van der Waals surface area contributed by atoms with Gasteiger partial charge >= 0.3 is 5.97 Å². The summed E-state index contributed by atoms with van der Waals surface area (Å²) in [7, 11) is 0. The zero-order valence-electron chi connectivity index (χ0n) is 19.4. The number of hydrogen-bond acceptors (Lipinski definition) is 4. The van der Waals surface area contributed by atoms with Gasteiger partial charge in [0.2, 0.25) is 0 Å². The predicted molar refractivity (Wildman–Crippen MR) is 134 cm³/mol. The Bertz CT molecular complexity index is 1310. The van der Waals surface area contributed by atoms with Crippen molar-refractivity contribution < 1.29 is 9.90 Å². The van der Waals surface area contributed by atoms with Crippen LogP contribution in [0.1, 0.15) is 48.7 Å². The molecule has 1 atom stereocenters. The molecule has 0 spiro atoms. The van der Waals surface area contributed by atoms with E-state index in [1.54, 1.807) is 12.1 Å². The Morgan fingerprint density at radius 2 is 1.76 bits per heavy atom. The monoisotopic (exact) mass is 455 g/mol. The van der Waals surface area contributed by atoms with E-state index >= 15 is 0 Å². The van der Waals surface area contributed by atoms with Gasteiger partial charge in [-0.25, -0.2) is 9.78 Å². The van der Waals surface area contributed by atoms with E-state index in [1.165, 1.54) is 6.20 Å². The third-order valence-corrected chi connectivity index (χ3v) is 6.15. The van der Waals surface area contributed by atoms with Crippen molar-refractivity contribution in [2.45, 2.75) is 45.6 Å². The molecular weight excluding hydrogens is 426 g/mol. The topological polar surface area (TPSA) is 85.1 Å². The van der Waals surface area contributed by atoms with Gasteiger partial charge in [0.05, 0.1) is 16.5 Å². The maximum absolute atomic E-state index is 13.5. The van der Waals surface area contributed by atoms with Crippen molar-refractivity contribution in [3.8, 4) is 11.4 Å². The first-order chi connectivity index (χ1) is 16.6. The van der Waals surface area contributed by atoms with Crippen molar-refractivity contribution in [1.29, 1.82) is 0 Å². The summed E-state index contributed by atoms with van der Waals surface area (Å²) in [5, 5.41) is 9.68. The van der Waals surface area contributed by atoms with E-state index in [-0.39, 0.29) is 11.1 Å². The van der Waals surface area contributed by atoms with Crippen LogP contribution in [-0.2, 0) is 13.0 Å². The highest BCUT2D eigenvalue weighted by Gasteiger charge is 2.17. The molecule has 2 aromatic carbocycles. The Morgan fingerprint density at radius 3 is 2.47 bits per heavy atom. The molecule has 0 amide bonds. The second kappa shape index (κ2) is 10.9. The maximum atomic E-state index is 13.5. The molecule has 2 aromatic heterocycles. The van der Waals surface area contributed by atoms with Crippen LogP contribution in [0.15, 0.2) is 77.7 Å². The lowest BCUT2D eigenvalue weighted by Gasteiger charge is -2.20. The third kappa shape index (κ3) is 5.39. The van der Waals surface area contributed by atoms with Crippen LogP contribution in [-0.4, -0.2) is 25.6 Å². The number of benzene rings is 2. The molecule has 0 aliphatic heterocycles. The van der Waals surface area contributed by atoms with Gasteiger partial charge in [-0.2, -0.15) is 0 Å². The molecule has 0 saturated carbocycles. The van der Waals surface area contributed by atoms with Crippen LogP contribution in [0.5, 0.6) is 0 Å². The number of hydrogen-bond donors (Lipinski definition) is 1. The van der Waals surface area contributed by atoms with Crippen molar-refractivity contribution >= 4 is 16.9 Å². The highest BCUT2D eigenvalue weighted by Crippen LogP contribution is 2.23. The summed E-state index contributed by atoms with van der Waals surface area (Å²) in [6.07, 6.45) is 6.10. The highest BCUT2D eigenvalue weighted by molar-refractivity contribution is 5.87. The van der Waals surface area contributed by atoms with E-state index in [4.69, 9.17) is 10.1 Å². The number of pyridine rings is 1. The lowest BCUT2D eigenvalue weighted by molar-refractivity contribution is 0.0696. The summed E-state index contributed by atoms with van der Waals surface area (Å²) < 4.78 is 1.85. The van der Waals surface area contributed by atoms with E-state index in [0.717, 1.165) is 43.4 Å².